The predicted molar refractivity (Wildman–Crippen MR) is 88.6 cm³/mol. The van der Waals surface area contributed by atoms with E-state index in [2.05, 4.69) is 74.1 Å². The maximum atomic E-state index is 5.00. The molecule has 0 aliphatic heterocycles. The van der Waals surface area contributed by atoms with Crippen LogP contribution in [-0.2, 0) is 13.5 Å². The second-order valence-corrected chi connectivity index (χ2v) is 6.12. The molecule has 0 N–H and O–H groups in total. The summed E-state index contributed by atoms with van der Waals surface area (Å²) >= 11 is 0. The van der Waals surface area contributed by atoms with Crippen LogP contribution >= 0.6 is 0 Å². The van der Waals surface area contributed by atoms with E-state index in [0.717, 1.165) is 12.2 Å². The fourth-order valence-electron chi connectivity index (χ4n) is 3.32. The minimum Gasteiger partial charge on any atom is -0.232 e. The number of benzene rings is 2. The molecule has 0 radical (unpaired) electrons. The summed E-state index contributed by atoms with van der Waals surface area (Å²) in [5.74, 6) is 1.05. The van der Waals surface area contributed by atoms with E-state index in [9.17, 15) is 0 Å². The molecule has 2 heteroatoms. The van der Waals surface area contributed by atoms with Gasteiger partial charge in [-0.1, -0.05) is 36.4 Å². The molecular weight excluding hydrogens is 268 g/mol. The van der Waals surface area contributed by atoms with Gasteiger partial charge in [-0.05, 0) is 47.2 Å². The van der Waals surface area contributed by atoms with Crippen molar-refractivity contribution >= 4 is 0 Å². The Morgan fingerprint density at radius 2 is 1.68 bits per heavy atom. The van der Waals surface area contributed by atoms with Gasteiger partial charge in [-0.25, -0.2) is 4.57 Å². The van der Waals surface area contributed by atoms with Crippen molar-refractivity contribution < 1.29 is 4.57 Å². The van der Waals surface area contributed by atoms with Crippen molar-refractivity contribution in [2.75, 3.05) is 0 Å². The molecule has 0 fully saturated rings. The van der Waals surface area contributed by atoms with E-state index in [4.69, 9.17) is 4.98 Å². The van der Waals surface area contributed by atoms with E-state index < -0.39 is 0 Å². The summed E-state index contributed by atoms with van der Waals surface area (Å²) in [6.45, 7) is 4.33. The number of aryl methyl sites for hydroxylation is 2. The highest BCUT2D eigenvalue weighted by Crippen LogP contribution is 2.35. The zero-order valence-corrected chi connectivity index (χ0v) is 13.2. The zero-order valence-electron chi connectivity index (χ0n) is 13.2. The average Bonchev–Trinajstić information content (AvgIpc) is 2.87. The summed E-state index contributed by atoms with van der Waals surface area (Å²) in [4.78, 5) is 5.00. The SMILES string of the molecule is Cc1cccc(-c2nc3c(c[n+]2C)-c2ccccc2C3)c1C. The Balaban J connectivity index is 1.92. The summed E-state index contributed by atoms with van der Waals surface area (Å²) in [7, 11) is 2.09. The van der Waals surface area contributed by atoms with E-state index in [1.807, 2.05) is 0 Å². The molecule has 0 saturated carbocycles. The predicted octanol–water partition coefficient (Wildman–Crippen LogP) is 3.76. The first-order chi connectivity index (χ1) is 10.6. The number of fused-ring (bicyclic) bond motifs is 3. The van der Waals surface area contributed by atoms with E-state index >= 15 is 0 Å². The van der Waals surface area contributed by atoms with Crippen molar-refractivity contribution in [3.63, 3.8) is 0 Å². The molecule has 0 atom stereocenters. The Morgan fingerprint density at radius 1 is 0.909 bits per heavy atom. The molecule has 1 aromatic heterocycles. The molecule has 4 rings (SSSR count). The first kappa shape index (κ1) is 13.2. The van der Waals surface area contributed by atoms with Gasteiger partial charge in [0.25, 0.3) is 0 Å². The third-order valence-electron chi connectivity index (χ3n) is 4.72. The minimum absolute atomic E-state index is 0.935. The van der Waals surface area contributed by atoms with Crippen molar-refractivity contribution in [1.82, 2.24) is 4.98 Å². The molecule has 108 valence electrons. The smallest absolute Gasteiger partial charge is 0.232 e. The largest absolute Gasteiger partial charge is 0.330 e. The molecule has 0 spiro atoms. The monoisotopic (exact) mass is 287 g/mol. The lowest BCUT2D eigenvalue weighted by Crippen LogP contribution is -2.33. The maximum Gasteiger partial charge on any atom is 0.330 e. The van der Waals surface area contributed by atoms with E-state index in [1.54, 1.807) is 0 Å². The lowest BCUT2D eigenvalue weighted by Gasteiger charge is -2.07. The molecule has 2 aromatic carbocycles. The van der Waals surface area contributed by atoms with Gasteiger partial charge in [0.15, 0.2) is 5.69 Å². The molecule has 22 heavy (non-hydrogen) atoms. The molecule has 1 aliphatic carbocycles. The van der Waals surface area contributed by atoms with Crippen LogP contribution in [0.3, 0.4) is 0 Å². The van der Waals surface area contributed by atoms with Crippen LogP contribution in [0.4, 0.5) is 0 Å². The molecule has 2 nitrogen and oxygen atoms in total. The van der Waals surface area contributed by atoms with E-state index in [0.29, 0.717) is 0 Å². The highest BCUT2D eigenvalue weighted by molar-refractivity contribution is 5.75. The van der Waals surface area contributed by atoms with Crippen molar-refractivity contribution in [2.24, 2.45) is 7.05 Å². The van der Waals surface area contributed by atoms with Gasteiger partial charge in [0, 0.05) is 6.42 Å². The third kappa shape index (κ3) is 1.87. The van der Waals surface area contributed by atoms with Gasteiger partial charge in [0.2, 0.25) is 0 Å². The minimum atomic E-state index is 0.935. The summed E-state index contributed by atoms with van der Waals surface area (Å²) in [6, 6.07) is 15.0. The summed E-state index contributed by atoms with van der Waals surface area (Å²) in [6.07, 6.45) is 3.16. The van der Waals surface area contributed by atoms with Gasteiger partial charge >= 0.3 is 5.82 Å². The lowest BCUT2D eigenvalue weighted by molar-refractivity contribution is -0.662. The van der Waals surface area contributed by atoms with Crippen molar-refractivity contribution in [3.8, 4) is 22.5 Å². The van der Waals surface area contributed by atoms with Crippen LogP contribution < -0.4 is 4.57 Å². The van der Waals surface area contributed by atoms with Crippen LogP contribution in [0.5, 0.6) is 0 Å². The number of aromatic nitrogens is 2. The number of nitrogens with zero attached hydrogens (tertiary/aromatic N) is 2. The standard InChI is InChI=1S/C20H19N2/c1-13-7-6-10-16(14(13)2)20-21-19-11-15-8-4-5-9-17(15)18(19)12-22(20)3/h4-10,12H,11H2,1-3H3/q+1. The summed E-state index contributed by atoms with van der Waals surface area (Å²) < 4.78 is 2.16. The molecule has 0 amide bonds. The fraction of sp³-hybridized carbons (Fsp3) is 0.200. The van der Waals surface area contributed by atoms with Gasteiger partial charge < -0.3 is 0 Å². The molecule has 0 bridgehead atoms. The van der Waals surface area contributed by atoms with Crippen LogP contribution in [0.2, 0.25) is 0 Å². The van der Waals surface area contributed by atoms with E-state index in [1.165, 1.54) is 39.1 Å². The van der Waals surface area contributed by atoms with Gasteiger partial charge in [-0.3, -0.25) is 0 Å². The van der Waals surface area contributed by atoms with Crippen LogP contribution in [0, 0.1) is 13.8 Å². The van der Waals surface area contributed by atoms with Gasteiger partial charge in [0.05, 0.1) is 18.2 Å². The number of hydrogen-bond acceptors (Lipinski definition) is 1. The summed E-state index contributed by atoms with van der Waals surface area (Å²) in [5.41, 5.74) is 9.00. The third-order valence-corrected chi connectivity index (χ3v) is 4.72. The molecule has 3 aromatic rings. The average molecular weight is 287 g/mol. The lowest BCUT2D eigenvalue weighted by atomic mass is 10.0. The Bertz CT molecular complexity index is 894. The molecule has 0 saturated heterocycles. The highest BCUT2D eigenvalue weighted by Gasteiger charge is 2.28. The van der Waals surface area contributed by atoms with Crippen LogP contribution in [0.25, 0.3) is 22.5 Å². The number of rotatable bonds is 1. The van der Waals surface area contributed by atoms with Crippen molar-refractivity contribution in [2.45, 2.75) is 20.3 Å². The normalized spacial score (nSPS) is 12.1. The fourth-order valence-corrected chi connectivity index (χ4v) is 3.32. The maximum absolute atomic E-state index is 5.00. The summed E-state index contributed by atoms with van der Waals surface area (Å²) in [5, 5.41) is 0. The Kier molecular flexibility index (Phi) is 2.86. The van der Waals surface area contributed by atoms with Gasteiger partial charge in [-0.15, -0.1) is 0 Å². The van der Waals surface area contributed by atoms with Crippen LogP contribution in [0.15, 0.2) is 48.7 Å². The number of hydrogen-bond donors (Lipinski definition) is 0. The molecule has 1 heterocycles. The topological polar surface area (TPSA) is 16.8 Å². The first-order valence-electron chi connectivity index (χ1n) is 7.69. The Morgan fingerprint density at radius 3 is 2.55 bits per heavy atom. The van der Waals surface area contributed by atoms with E-state index in [-0.39, 0.29) is 0 Å². The van der Waals surface area contributed by atoms with Crippen LogP contribution in [-0.4, -0.2) is 4.98 Å². The molecule has 0 unspecified atom stereocenters. The molecular formula is C20H19N2+. The quantitative estimate of drug-likeness (QED) is 0.487. The Hall–Kier alpha value is -2.48. The van der Waals surface area contributed by atoms with Gasteiger partial charge in [-0.2, -0.15) is 0 Å². The zero-order chi connectivity index (χ0) is 15.3. The molecule has 1 aliphatic rings. The van der Waals surface area contributed by atoms with Crippen LogP contribution in [0.1, 0.15) is 22.4 Å². The second kappa shape index (κ2) is 4.77. The van der Waals surface area contributed by atoms with Crippen molar-refractivity contribution in [1.29, 1.82) is 0 Å². The first-order valence-corrected chi connectivity index (χ1v) is 7.69. The van der Waals surface area contributed by atoms with Gasteiger partial charge in [0.1, 0.15) is 6.20 Å². The highest BCUT2D eigenvalue weighted by atomic mass is 15.0. The second-order valence-electron chi connectivity index (χ2n) is 6.12. The van der Waals surface area contributed by atoms with Crippen molar-refractivity contribution in [3.05, 3.63) is 71.0 Å². The Labute approximate surface area is 131 Å².